The quantitative estimate of drug-likeness (QED) is 0.106. The topological polar surface area (TPSA) is 234 Å². The summed E-state index contributed by atoms with van der Waals surface area (Å²) in [5, 5.41) is 52.6. The third-order valence-corrected chi connectivity index (χ3v) is 8.59. The summed E-state index contributed by atoms with van der Waals surface area (Å²) < 4.78 is 39.1. The standard InChI is InChI=1S/C34H44O16/c1-17(2)11-27(40)50-32-28-23(12-25(47-19(4)37)34(28,43)16-46-18(3)36)21(14-44-32)15-45-33-31(30(42)29(41)24(13-35)48-33)49-26(39)10-7-20-5-8-22(38)9-6-20/h5-10,14,17,23-25,28-33,35,38,41-43H,11-13,15-16H2,1-4H3/b10-7+/t23-,24-,25+,28-,29-,30+,31-,32+,33-,34-/m1/s1. The van der Waals surface area contributed by atoms with Gasteiger partial charge in [-0.05, 0) is 41.7 Å². The predicted octanol–water partition coefficient (Wildman–Crippen LogP) is 0.464. The number of aromatic hydroxyl groups is 1. The Morgan fingerprint density at radius 3 is 2.32 bits per heavy atom. The van der Waals surface area contributed by atoms with E-state index in [1.165, 1.54) is 24.5 Å². The largest absolute Gasteiger partial charge is 0.508 e. The minimum Gasteiger partial charge on any atom is -0.508 e. The summed E-state index contributed by atoms with van der Waals surface area (Å²) in [6, 6.07) is 5.93. The summed E-state index contributed by atoms with van der Waals surface area (Å²) in [5.74, 6) is -4.92. The van der Waals surface area contributed by atoms with E-state index >= 15 is 0 Å². The molecule has 0 unspecified atom stereocenters. The summed E-state index contributed by atoms with van der Waals surface area (Å²) in [4.78, 5) is 49.3. The first-order valence-electron chi connectivity index (χ1n) is 16.1. The Morgan fingerprint density at radius 2 is 1.70 bits per heavy atom. The van der Waals surface area contributed by atoms with E-state index in [1.54, 1.807) is 12.1 Å². The van der Waals surface area contributed by atoms with Crippen molar-refractivity contribution in [3.8, 4) is 5.75 Å². The molecule has 0 bridgehead atoms. The first-order valence-corrected chi connectivity index (χ1v) is 16.1. The lowest BCUT2D eigenvalue weighted by molar-refractivity contribution is -0.302. The monoisotopic (exact) mass is 708 g/mol. The Bertz CT molecular complexity index is 1420. The zero-order chi connectivity index (χ0) is 36.7. The number of ether oxygens (including phenoxy) is 7. The number of carbonyl (C=O) groups excluding carboxylic acids is 4. The van der Waals surface area contributed by atoms with E-state index < -0.39 is 97.6 Å². The maximum atomic E-state index is 12.8. The van der Waals surface area contributed by atoms with Gasteiger partial charge < -0.3 is 58.7 Å². The fourth-order valence-corrected chi connectivity index (χ4v) is 6.21. The van der Waals surface area contributed by atoms with Crippen LogP contribution in [0.4, 0.5) is 0 Å². The highest BCUT2D eigenvalue weighted by atomic mass is 16.7. The van der Waals surface area contributed by atoms with Crippen LogP contribution in [-0.4, -0.2) is 118 Å². The highest BCUT2D eigenvalue weighted by molar-refractivity contribution is 5.87. The average Bonchev–Trinajstić information content (AvgIpc) is 3.33. The number of phenols is 1. The van der Waals surface area contributed by atoms with Gasteiger partial charge in [-0.15, -0.1) is 0 Å². The third kappa shape index (κ3) is 9.38. The molecule has 4 rings (SSSR count). The van der Waals surface area contributed by atoms with Crippen molar-refractivity contribution < 1.29 is 77.9 Å². The lowest BCUT2D eigenvalue weighted by atomic mass is 9.80. The van der Waals surface area contributed by atoms with Gasteiger partial charge in [0, 0.05) is 32.3 Å². The van der Waals surface area contributed by atoms with Gasteiger partial charge in [0.05, 0.1) is 25.4 Å². The Labute approximate surface area is 288 Å². The lowest BCUT2D eigenvalue weighted by Crippen LogP contribution is -2.60. The second-order valence-electron chi connectivity index (χ2n) is 12.9. The van der Waals surface area contributed by atoms with E-state index in [2.05, 4.69) is 0 Å². The molecule has 0 spiro atoms. The zero-order valence-electron chi connectivity index (χ0n) is 28.1. The van der Waals surface area contributed by atoms with Crippen molar-refractivity contribution in [1.82, 2.24) is 0 Å². The van der Waals surface area contributed by atoms with Crippen molar-refractivity contribution in [2.45, 2.75) is 89.2 Å². The molecule has 16 nitrogen and oxygen atoms in total. The van der Waals surface area contributed by atoms with Crippen LogP contribution in [-0.2, 0) is 52.3 Å². The molecule has 2 heterocycles. The molecule has 1 aromatic carbocycles. The molecule has 276 valence electrons. The Hall–Kier alpha value is -4.06. The number of phenolic OH excluding ortho intramolecular Hbond substituents is 1. The first kappa shape index (κ1) is 38.7. The zero-order valence-corrected chi connectivity index (χ0v) is 28.1. The third-order valence-electron chi connectivity index (χ3n) is 8.59. The molecule has 1 saturated heterocycles. The van der Waals surface area contributed by atoms with Crippen LogP contribution in [0.5, 0.6) is 5.75 Å². The van der Waals surface area contributed by atoms with Gasteiger partial charge >= 0.3 is 23.9 Å². The number of aliphatic hydroxyl groups excluding tert-OH is 3. The van der Waals surface area contributed by atoms with Crippen LogP contribution in [0.25, 0.3) is 6.08 Å². The van der Waals surface area contributed by atoms with E-state index in [4.69, 9.17) is 33.2 Å². The summed E-state index contributed by atoms with van der Waals surface area (Å²) in [5.41, 5.74) is -1.18. The maximum absolute atomic E-state index is 12.8. The number of benzene rings is 1. The van der Waals surface area contributed by atoms with E-state index in [0.717, 1.165) is 19.9 Å². The molecule has 0 aromatic heterocycles. The summed E-state index contributed by atoms with van der Waals surface area (Å²) in [6.45, 7) is 4.19. The first-order chi connectivity index (χ1) is 23.6. The van der Waals surface area contributed by atoms with Crippen LogP contribution in [0.1, 0.15) is 46.1 Å². The summed E-state index contributed by atoms with van der Waals surface area (Å²) >= 11 is 0. The second kappa shape index (κ2) is 16.8. The van der Waals surface area contributed by atoms with Gasteiger partial charge in [0.25, 0.3) is 0 Å². The van der Waals surface area contributed by atoms with Crippen LogP contribution >= 0.6 is 0 Å². The van der Waals surface area contributed by atoms with Crippen LogP contribution in [0.15, 0.2) is 42.2 Å². The van der Waals surface area contributed by atoms with Gasteiger partial charge in [0.1, 0.15) is 42.4 Å². The van der Waals surface area contributed by atoms with E-state index in [-0.39, 0.29) is 31.1 Å². The van der Waals surface area contributed by atoms with Gasteiger partial charge in [-0.25, -0.2) is 4.79 Å². The smallest absolute Gasteiger partial charge is 0.331 e. The molecule has 0 radical (unpaired) electrons. The maximum Gasteiger partial charge on any atom is 0.331 e. The molecule has 2 aliphatic heterocycles. The summed E-state index contributed by atoms with van der Waals surface area (Å²) in [7, 11) is 0. The van der Waals surface area contributed by atoms with Crippen molar-refractivity contribution in [2.75, 3.05) is 19.8 Å². The molecule has 0 amide bonds. The van der Waals surface area contributed by atoms with E-state index in [1.807, 2.05) is 13.8 Å². The van der Waals surface area contributed by atoms with E-state index in [0.29, 0.717) is 11.1 Å². The molecular weight excluding hydrogens is 664 g/mol. The van der Waals surface area contributed by atoms with Crippen LogP contribution in [0.3, 0.4) is 0 Å². The highest BCUT2D eigenvalue weighted by Gasteiger charge is 2.63. The molecule has 1 aromatic rings. The Kier molecular flexibility index (Phi) is 13.0. The number of carbonyl (C=O) groups is 4. The van der Waals surface area contributed by atoms with Crippen molar-refractivity contribution in [3.63, 3.8) is 0 Å². The fourth-order valence-electron chi connectivity index (χ4n) is 6.21. The van der Waals surface area contributed by atoms with Crippen LogP contribution in [0.2, 0.25) is 0 Å². The fraction of sp³-hybridized carbons (Fsp3) is 0.588. The van der Waals surface area contributed by atoms with Gasteiger partial charge in [-0.3, -0.25) is 14.4 Å². The van der Waals surface area contributed by atoms with Gasteiger partial charge in [-0.2, -0.15) is 0 Å². The molecule has 1 aliphatic carbocycles. The lowest BCUT2D eigenvalue weighted by Gasteiger charge is -2.42. The van der Waals surface area contributed by atoms with Gasteiger partial charge in [0.2, 0.25) is 6.29 Å². The molecule has 10 atom stereocenters. The number of hydrogen-bond acceptors (Lipinski definition) is 16. The minimum atomic E-state index is -2.07. The Morgan fingerprint density at radius 1 is 1.00 bits per heavy atom. The van der Waals surface area contributed by atoms with Gasteiger partial charge in [0.15, 0.2) is 12.4 Å². The molecule has 1 saturated carbocycles. The number of esters is 4. The van der Waals surface area contributed by atoms with Crippen molar-refractivity contribution >= 4 is 30.0 Å². The molecule has 2 fully saturated rings. The van der Waals surface area contributed by atoms with Crippen molar-refractivity contribution in [3.05, 3.63) is 47.7 Å². The predicted molar refractivity (Wildman–Crippen MR) is 168 cm³/mol. The number of rotatable bonds is 13. The highest BCUT2D eigenvalue weighted by Crippen LogP contribution is 2.51. The molecule has 5 N–H and O–H groups in total. The molecular formula is C34H44O16. The SMILES string of the molecule is CC(=O)OC[C@]1(O)[C@H]2[C@H](OC(=O)CC(C)C)OC=C(CO[C@@H]3O[C@H](CO)[C@@H](O)[C@H](O)[C@H]3OC(=O)/C=C/c3ccc(O)cc3)[C@H]2C[C@@H]1OC(C)=O. The van der Waals surface area contributed by atoms with Crippen LogP contribution in [0, 0.1) is 17.8 Å². The Balaban J connectivity index is 1.58. The molecule has 50 heavy (non-hydrogen) atoms. The number of hydrogen-bond donors (Lipinski definition) is 5. The number of aliphatic hydroxyl groups is 4. The average molecular weight is 709 g/mol. The molecule has 16 heteroatoms. The number of fused-ring (bicyclic) bond motifs is 1. The van der Waals surface area contributed by atoms with Crippen LogP contribution < -0.4 is 0 Å². The van der Waals surface area contributed by atoms with Crippen molar-refractivity contribution in [2.24, 2.45) is 17.8 Å². The van der Waals surface area contributed by atoms with Crippen molar-refractivity contribution in [1.29, 1.82) is 0 Å². The van der Waals surface area contributed by atoms with Gasteiger partial charge in [-0.1, -0.05) is 26.0 Å². The van der Waals surface area contributed by atoms with E-state index in [9.17, 15) is 44.7 Å². The normalized spacial score (nSPS) is 32.1. The molecule has 3 aliphatic rings. The summed E-state index contributed by atoms with van der Waals surface area (Å²) in [6.07, 6.45) is -6.77. The second-order valence-corrected chi connectivity index (χ2v) is 12.9. The minimum absolute atomic E-state index is 0.0284.